The highest BCUT2D eigenvalue weighted by atomic mass is 35.5. The van der Waals surface area contributed by atoms with Gasteiger partial charge in [0.25, 0.3) is 11.5 Å². The summed E-state index contributed by atoms with van der Waals surface area (Å²) in [5.74, 6) is -0.414. The normalized spacial score (nSPS) is 15.2. The van der Waals surface area contributed by atoms with E-state index in [0.717, 1.165) is 38.4 Å². The Kier molecular flexibility index (Phi) is 5.24. The van der Waals surface area contributed by atoms with Gasteiger partial charge in [0.15, 0.2) is 0 Å². The zero-order valence-electron chi connectivity index (χ0n) is 12.9. The number of morpholine rings is 1. The van der Waals surface area contributed by atoms with E-state index < -0.39 is 5.91 Å². The molecule has 1 aromatic carbocycles. The van der Waals surface area contributed by atoms with E-state index in [4.69, 9.17) is 16.3 Å². The number of halogens is 1. The van der Waals surface area contributed by atoms with Crippen LogP contribution < -0.4 is 10.9 Å². The number of hydrogen-bond donors (Lipinski definition) is 2. The molecular weight excluding hydrogens is 332 g/mol. The minimum absolute atomic E-state index is 0.128. The second kappa shape index (κ2) is 7.57. The third kappa shape index (κ3) is 4.19. The molecule has 7 nitrogen and oxygen atoms in total. The van der Waals surface area contributed by atoms with E-state index in [-0.39, 0.29) is 11.3 Å². The Morgan fingerprint density at radius 2 is 2.08 bits per heavy atom. The van der Waals surface area contributed by atoms with Gasteiger partial charge in [0.2, 0.25) is 0 Å². The van der Waals surface area contributed by atoms with Gasteiger partial charge in [-0.25, -0.2) is 5.10 Å². The molecule has 1 amide bonds. The van der Waals surface area contributed by atoms with Crippen LogP contribution in [0.1, 0.15) is 16.1 Å². The van der Waals surface area contributed by atoms with Gasteiger partial charge in [0.1, 0.15) is 5.69 Å². The second-order valence-corrected chi connectivity index (χ2v) is 5.86. The first-order chi connectivity index (χ1) is 11.6. The molecule has 0 bridgehead atoms. The summed E-state index contributed by atoms with van der Waals surface area (Å²) in [6, 6.07) is 8.02. The summed E-state index contributed by atoms with van der Waals surface area (Å²) in [5.41, 5.74) is 1.34. The van der Waals surface area contributed by atoms with Crippen LogP contribution in [0.5, 0.6) is 0 Å². The van der Waals surface area contributed by atoms with Gasteiger partial charge in [-0.3, -0.25) is 14.5 Å². The lowest BCUT2D eigenvalue weighted by molar-refractivity contribution is 0.0342. The van der Waals surface area contributed by atoms with Crippen molar-refractivity contribution in [2.75, 3.05) is 31.6 Å². The third-order valence-corrected chi connectivity index (χ3v) is 4.07. The van der Waals surface area contributed by atoms with Crippen molar-refractivity contribution in [3.63, 3.8) is 0 Å². The smallest absolute Gasteiger partial charge is 0.276 e. The van der Waals surface area contributed by atoms with Crippen LogP contribution in [0, 0.1) is 0 Å². The first-order valence-corrected chi connectivity index (χ1v) is 7.95. The van der Waals surface area contributed by atoms with E-state index in [0.29, 0.717) is 10.7 Å². The number of aromatic amines is 1. The summed E-state index contributed by atoms with van der Waals surface area (Å²) >= 11 is 6.33. The molecule has 0 saturated carbocycles. The van der Waals surface area contributed by atoms with Crippen LogP contribution in [0.3, 0.4) is 0 Å². The van der Waals surface area contributed by atoms with Crippen molar-refractivity contribution in [3.8, 4) is 0 Å². The van der Waals surface area contributed by atoms with E-state index in [9.17, 15) is 9.59 Å². The van der Waals surface area contributed by atoms with Gasteiger partial charge in [0, 0.05) is 36.4 Å². The molecule has 1 aromatic heterocycles. The molecule has 1 aliphatic heterocycles. The van der Waals surface area contributed by atoms with Crippen molar-refractivity contribution in [3.05, 3.63) is 57.0 Å². The number of nitrogens with one attached hydrogen (secondary N) is 2. The molecule has 0 aliphatic carbocycles. The van der Waals surface area contributed by atoms with Gasteiger partial charge in [0.05, 0.1) is 13.2 Å². The van der Waals surface area contributed by atoms with E-state index in [2.05, 4.69) is 20.4 Å². The number of rotatable bonds is 4. The molecule has 1 saturated heterocycles. The van der Waals surface area contributed by atoms with Crippen molar-refractivity contribution >= 4 is 23.2 Å². The number of anilines is 1. The fourth-order valence-electron chi connectivity index (χ4n) is 2.42. The summed E-state index contributed by atoms with van der Waals surface area (Å²) < 4.78 is 5.33. The summed E-state index contributed by atoms with van der Waals surface area (Å²) in [7, 11) is 0. The summed E-state index contributed by atoms with van der Waals surface area (Å²) in [5, 5.41) is 9.21. The Hall–Kier alpha value is -2.22. The molecule has 0 radical (unpaired) electrons. The molecule has 2 N–H and O–H groups in total. The van der Waals surface area contributed by atoms with Crippen LogP contribution in [-0.4, -0.2) is 47.3 Å². The van der Waals surface area contributed by atoms with Gasteiger partial charge >= 0.3 is 0 Å². The monoisotopic (exact) mass is 348 g/mol. The highest BCUT2D eigenvalue weighted by molar-refractivity contribution is 6.31. The molecular formula is C16H17ClN4O3. The topological polar surface area (TPSA) is 87.3 Å². The number of ether oxygens (including phenoxy) is 1. The van der Waals surface area contributed by atoms with Crippen LogP contribution in [0.15, 0.2) is 35.1 Å². The predicted molar refractivity (Wildman–Crippen MR) is 90.4 cm³/mol. The summed E-state index contributed by atoms with van der Waals surface area (Å²) in [6.07, 6.45) is 0. The lowest BCUT2D eigenvalue weighted by Crippen LogP contribution is -2.35. The number of H-pyrrole nitrogens is 1. The van der Waals surface area contributed by atoms with Crippen LogP contribution in [0.2, 0.25) is 5.02 Å². The number of carbonyl (C=O) groups excluding carboxylic acids is 1. The average Bonchev–Trinajstić information content (AvgIpc) is 2.59. The number of hydrogen-bond acceptors (Lipinski definition) is 5. The van der Waals surface area contributed by atoms with Crippen LogP contribution in [0.25, 0.3) is 0 Å². The number of amides is 1. The number of aromatic nitrogens is 2. The molecule has 0 atom stereocenters. The standard InChI is InChI=1S/C16H17ClN4O3/c17-13-9-12(18-16(23)14-3-4-15(22)20-19-14)2-1-11(13)10-21-5-7-24-8-6-21/h1-4,9H,5-8,10H2,(H,18,23)(H,20,22). The summed E-state index contributed by atoms with van der Waals surface area (Å²) in [4.78, 5) is 25.3. The van der Waals surface area contributed by atoms with Crippen molar-refractivity contribution in [1.82, 2.24) is 15.1 Å². The SMILES string of the molecule is O=C(Nc1ccc(CN2CCOCC2)c(Cl)c1)c1ccc(=O)[nH]n1. The first-order valence-electron chi connectivity index (χ1n) is 7.57. The molecule has 3 rings (SSSR count). The number of nitrogens with zero attached hydrogens (tertiary/aromatic N) is 2. The zero-order valence-corrected chi connectivity index (χ0v) is 13.7. The first kappa shape index (κ1) is 16.6. The van der Waals surface area contributed by atoms with Crippen molar-refractivity contribution in [2.45, 2.75) is 6.54 Å². The molecule has 8 heteroatoms. The van der Waals surface area contributed by atoms with Gasteiger partial charge in [-0.15, -0.1) is 0 Å². The lowest BCUT2D eigenvalue weighted by Gasteiger charge is -2.27. The fraction of sp³-hybridized carbons (Fsp3) is 0.312. The van der Waals surface area contributed by atoms with Crippen LogP contribution in [-0.2, 0) is 11.3 Å². The van der Waals surface area contributed by atoms with E-state index >= 15 is 0 Å². The average molecular weight is 349 g/mol. The number of carbonyl (C=O) groups is 1. The molecule has 0 unspecified atom stereocenters. The van der Waals surface area contributed by atoms with Crippen molar-refractivity contribution < 1.29 is 9.53 Å². The number of benzene rings is 1. The molecule has 2 aromatic rings. The van der Waals surface area contributed by atoms with Gasteiger partial charge < -0.3 is 10.1 Å². The minimum atomic E-state index is -0.414. The molecule has 1 fully saturated rings. The maximum atomic E-state index is 12.1. The second-order valence-electron chi connectivity index (χ2n) is 5.46. The maximum Gasteiger partial charge on any atom is 0.276 e. The van der Waals surface area contributed by atoms with Crippen molar-refractivity contribution in [1.29, 1.82) is 0 Å². The molecule has 24 heavy (non-hydrogen) atoms. The molecule has 1 aliphatic rings. The summed E-state index contributed by atoms with van der Waals surface area (Å²) in [6.45, 7) is 3.98. The Morgan fingerprint density at radius 1 is 1.29 bits per heavy atom. The van der Waals surface area contributed by atoms with E-state index in [1.165, 1.54) is 12.1 Å². The molecule has 0 spiro atoms. The van der Waals surface area contributed by atoms with E-state index in [1.54, 1.807) is 12.1 Å². The van der Waals surface area contributed by atoms with Crippen molar-refractivity contribution in [2.24, 2.45) is 0 Å². The Bertz CT molecular complexity index is 767. The molecule has 2 heterocycles. The van der Waals surface area contributed by atoms with Gasteiger partial charge in [-0.2, -0.15) is 5.10 Å². The Balaban J connectivity index is 1.66. The van der Waals surface area contributed by atoms with E-state index in [1.807, 2.05) is 6.07 Å². The quantitative estimate of drug-likeness (QED) is 0.874. The largest absolute Gasteiger partial charge is 0.379 e. The zero-order chi connectivity index (χ0) is 16.9. The molecule has 126 valence electrons. The highest BCUT2D eigenvalue weighted by Crippen LogP contribution is 2.23. The minimum Gasteiger partial charge on any atom is -0.379 e. The third-order valence-electron chi connectivity index (χ3n) is 3.72. The Morgan fingerprint density at radius 3 is 2.75 bits per heavy atom. The highest BCUT2D eigenvalue weighted by Gasteiger charge is 2.13. The Labute approximate surface area is 143 Å². The van der Waals surface area contributed by atoms with Crippen LogP contribution in [0.4, 0.5) is 5.69 Å². The predicted octanol–water partition coefficient (Wildman–Crippen LogP) is 1.51. The van der Waals surface area contributed by atoms with Crippen LogP contribution >= 0.6 is 11.6 Å². The lowest BCUT2D eigenvalue weighted by atomic mass is 10.2. The van der Waals surface area contributed by atoms with Gasteiger partial charge in [-0.1, -0.05) is 17.7 Å². The maximum absolute atomic E-state index is 12.1. The van der Waals surface area contributed by atoms with Gasteiger partial charge in [-0.05, 0) is 23.8 Å². The fourth-order valence-corrected chi connectivity index (χ4v) is 2.66.